The van der Waals surface area contributed by atoms with E-state index in [0.29, 0.717) is 42.2 Å². The third-order valence-corrected chi connectivity index (χ3v) is 8.38. The summed E-state index contributed by atoms with van der Waals surface area (Å²) in [4.78, 5) is 29.2. The minimum atomic E-state index is -4.73. The maximum atomic E-state index is 13.8. The quantitative estimate of drug-likeness (QED) is 0.306. The van der Waals surface area contributed by atoms with Crippen LogP contribution in [0.25, 0.3) is 5.57 Å². The number of benzene rings is 2. The van der Waals surface area contributed by atoms with Crippen LogP contribution in [0.4, 0.5) is 13.2 Å². The summed E-state index contributed by atoms with van der Waals surface area (Å²) in [5, 5.41) is 0. The maximum absolute atomic E-state index is 13.8. The van der Waals surface area contributed by atoms with Gasteiger partial charge in [-0.1, -0.05) is 42.5 Å². The number of halogens is 4. The molecule has 1 aliphatic carbocycles. The van der Waals surface area contributed by atoms with Gasteiger partial charge in [0.15, 0.2) is 0 Å². The molecule has 0 amide bonds. The van der Waals surface area contributed by atoms with E-state index in [1.165, 1.54) is 12.1 Å². The second-order valence-electron chi connectivity index (χ2n) is 8.31. The van der Waals surface area contributed by atoms with Crippen LogP contribution >= 0.6 is 21.2 Å². The zero-order chi connectivity index (χ0) is 25.4. The van der Waals surface area contributed by atoms with Crippen molar-refractivity contribution in [2.75, 3.05) is 0 Å². The Morgan fingerprint density at radius 3 is 2.34 bits per heavy atom. The average molecular weight is 616 g/mol. The molecule has 0 aliphatic heterocycles. The standard InChI is InChI=1S/C24H20F3IN2O4S/c25-24(26,27)20-13-17(35(28,33)34)10-11-18(20)15-6-8-16(9-7-15)21-19(22(31)30-23(32)29-21)12-14-4-2-1-3-5-14/h1-6,10-11,13,16H,7-9,12H2,(H2,29,30,31,32). The molecule has 1 aliphatic rings. The van der Waals surface area contributed by atoms with Gasteiger partial charge >= 0.3 is 11.9 Å². The zero-order valence-corrected chi connectivity index (χ0v) is 21.1. The van der Waals surface area contributed by atoms with Gasteiger partial charge in [0.05, 0.1) is 31.7 Å². The zero-order valence-electron chi connectivity index (χ0n) is 18.2. The molecule has 11 heteroatoms. The molecular weight excluding hydrogens is 596 g/mol. The van der Waals surface area contributed by atoms with E-state index in [0.717, 1.165) is 26.8 Å². The average Bonchev–Trinajstić information content (AvgIpc) is 2.80. The van der Waals surface area contributed by atoms with Gasteiger partial charge in [0.25, 0.3) is 5.56 Å². The number of allylic oxidation sites excluding steroid dienone is 2. The predicted octanol–water partition coefficient (Wildman–Crippen LogP) is 5.15. The minimum absolute atomic E-state index is 0.0661. The number of aromatic nitrogens is 2. The highest BCUT2D eigenvalue weighted by Gasteiger charge is 2.36. The summed E-state index contributed by atoms with van der Waals surface area (Å²) in [6.45, 7) is 0. The lowest BCUT2D eigenvalue weighted by molar-refractivity contribution is -0.137. The topological polar surface area (TPSA) is 99.9 Å². The molecule has 1 unspecified atom stereocenters. The van der Waals surface area contributed by atoms with Gasteiger partial charge in [-0.25, -0.2) is 13.2 Å². The lowest BCUT2D eigenvalue weighted by atomic mass is 9.82. The van der Waals surface area contributed by atoms with Crippen molar-refractivity contribution in [3.63, 3.8) is 0 Å². The molecule has 0 saturated carbocycles. The van der Waals surface area contributed by atoms with Crippen LogP contribution in [0.15, 0.2) is 69.1 Å². The van der Waals surface area contributed by atoms with E-state index in [4.69, 9.17) is 0 Å². The molecule has 1 atom stereocenters. The van der Waals surface area contributed by atoms with Crippen molar-refractivity contribution in [1.82, 2.24) is 9.97 Å². The van der Waals surface area contributed by atoms with Crippen molar-refractivity contribution in [2.45, 2.75) is 42.7 Å². The molecule has 1 aromatic heterocycles. The fraction of sp³-hybridized carbons (Fsp3) is 0.250. The maximum Gasteiger partial charge on any atom is 0.417 e. The largest absolute Gasteiger partial charge is 0.417 e. The van der Waals surface area contributed by atoms with Crippen LogP contribution in [-0.4, -0.2) is 18.4 Å². The number of alkyl halides is 3. The number of nitrogens with one attached hydrogen (secondary N) is 2. The van der Waals surface area contributed by atoms with Gasteiger partial charge in [-0.2, -0.15) is 13.2 Å². The molecule has 1 heterocycles. The predicted molar refractivity (Wildman–Crippen MR) is 134 cm³/mol. The van der Waals surface area contributed by atoms with Gasteiger partial charge in [0.1, 0.15) is 0 Å². The van der Waals surface area contributed by atoms with Crippen LogP contribution in [0.5, 0.6) is 0 Å². The molecule has 2 N–H and O–H groups in total. The van der Waals surface area contributed by atoms with E-state index in [-0.39, 0.29) is 17.9 Å². The van der Waals surface area contributed by atoms with Gasteiger partial charge in [-0.3, -0.25) is 9.78 Å². The first-order valence-corrected chi connectivity index (χ1v) is 14.7. The molecule has 35 heavy (non-hydrogen) atoms. The fourth-order valence-electron chi connectivity index (χ4n) is 4.38. The van der Waals surface area contributed by atoms with E-state index < -0.39 is 34.9 Å². The summed E-state index contributed by atoms with van der Waals surface area (Å²) in [5.74, 6) is -0.254. The van der Waals surface area contributed by atoms with E-state index in [1.807, 2.05) is 30.3 Å². The van der Waals surface area contributed by atoms with Gasteiger partial charge in [-0.05, 0) is 48.1 Å². The Labute approximate surface area is 210 Å². The van der Waals surface area contributed by atoms with E-state index in [1.54, 1.807) is 6.08 Å². The number of hydrogen-bond acceptors (Lipinski definition) is 4. The van der Waals surface area contributed by atoms with Crippen molar-refractivity contribution in [3.05, 3.63) is 103 Å². The smallest absolute Gasteiger partial charge is 0.311 e. The van der Waals surface area contributed by atoms with Gasteiger partial charge in [0.2, 0.25) is 7.01 Å². The molecule has 0 fully saturated rings. The van der Waals surface area contributed by atoms with Crippen molar-refractivity contribution in [3.8, 4) is 0 Å². The minimum Gasteiger partial charge on any atom is -0.311 e. The fourth-order valence-corrected chi connectivity index (χ4v) is 5.70. The highest BCUT2D eigenvalue weighted by molar-refractivity contribution is 14.2. The van der Waals surface area contributed by atoms with Crippen LogP contribution in [0, 0.1) is 0 Å². The molecule has 2 aromatic carbocycles. The number of H-pyrrole nitrogens is 2. The molecule has 0 saturated heterocycles. The monoisotopic (exact) mass is 616 g/mol. The van der Waals surface area contributed by atoms with Crippen LogP contribution in [0.3, 0.4) is 0 Å². The molecule has 4 rings (SSSR count). The van der Waals surface area contributed by atoms with E-state index in [2.05, 4.69) is 9.97 Å². The normalized spacial score (nSPS) is 16.7. The summed E-state index contributed by atoms with van der Waals surface area (Å²) >= 11 is 1.11. The number of hydrogen-bond donors (Lipinski definition) is 2. The molecule has 0 bridgehead atoms. The summed E-state index contributed by atoms with van der Waals surface area (Å²) in [6, 6.07) is 12.3. The van der Waals surface area contributed by atoms with Gasteiger partial charge in [0, 0.05) is 23.6 Å². The molecule has 3 aromatic rings. The highest BCUT2D eigenvalue weighted by atomic mass is 127. The lowest BCUT2D eigenvalue weighted by Crippen LogP contribution is -2.30. The first-order chi connectivity index (χ1) is 16.4. The first kappa shape index (κ1) is 25.4. The van der Waals surface area contributed by atoms with Crippen LogP contribution in [0.1, 0.15) is 53.1 Å². The Balaban J connectivity index is 1.69. The summed E-state index contributed by atoms with van der Waals surface area (Å²) in [7, 11) is -3.83. The Morgan fingerprint density at radius 1 is 1.03 bits per heavy atom. The lowest BCUT2D eigenvalue weighted by Gasteiger charge is -2.25. The first-order valence-electron chi connectivity index (χ1n) is 10.7. The molecule has 6 nitrogen and oxygen atoms in total. The van der Waals surface area contributed by atoms with Gasteiger partial charge < -0.3 is 4.98 Å². The second kappa shape index (κ2) is 9.76. The van der Waals surface area contributed by atoms with Crippen molar-refractivity contribution in [1.29, 1.82) is 0 Å². The summed E-state index contributed by atoms with van der Waals surface area (Å²) in [6.07, 6.45) is -1.76. The SMILES string of the molecule is O=c1[nH]c(C2CC=C(c3ccc(S(=O)(=O)I)cc3C(F)(F)F)CC2)c(Cc2ccccc2)c(=O)[nH]1. The van der Waals surface area contributed by atoms with Crippen LogP contribution < -0.4 is 11.2 Å². The summed E-state index contributed by atoms with van der Waals surface area (Å²) < 4.78 is 64.8. The Bertz CT molecular complexity index is 1510. The number of aromatic amines is 2. The Hall–Kier alpha value is -2.67. The van der Waals surface area contributed by atoms with Gasteiger partial charge in [-0.15, -0.1) is 0 Å². The molecule has 184 valence electrons. The van der Waals surface area contributed by atoms with Crippen LogP contribution in [0.2, 0.25) is 0 Å². The third-order valence-electron chi connectivity index (χ3n) is 6.04. The summed E-state index contributed by atoms with van der Waals surface area (Å²) in [5.41, 5.74) is 0.0496. The van der Waals surface area contributed by atoms with Crippen molar-refractivity contribution in [2.24, 2.45) is 0 Å². The van der Waals surface area contributed by atoms with Crippen molar-refractivity contribution < 1.29 is 21.6 Å². The van der Waals surface area contributed by atoms with Crippen molar-refractivity contribution >= 4 is 33.8 Å². The molecular formula is C24H20F3IN2O4S. The molecule has 0 spiro atoms. The Morgan fingerprint density at radius 2 is 1.74 bits per heavy atom. The van der Waals surface area contributed by atoms with E-state index >= 15 is 0 Å². The highest BCUT2D eigenvalue weighted by Crippen LogP contribution is 2.42. The third kappa shape index (κ3) is 5.77. The van der Waals surface area contributed by atoms with E-state index in [9.17, 15) is 31.2 Å². The van der Waals surface area contributed by atoms with Crippen LogP contribution in [-0.2, 0) is 19.6 Å². The Kier molecular flexibility index (Phi) is 7.09. The number of rotatable bonds is 5. The second-order valence-corrected chi connectivity index (χ2v) is 13.1. The molecule has 0 radical (unpaired) electrons.